The molecule has 1 unspecified atom stereocenters. The van der Waals surface area contributed by atoms with Gasteiger partial charge in [0.1, 0.15) is 11.4 Å². The average molecular weight is 330 g/mol. The van der Waals surface area contributed by atoms with E-state index >= 15 is 0 Å². The van der Waals surface area contributed by atoms with Gasteiger partial charge in [0.2, 0.25) is 0 Å². The van der Waals surface area contributed by atoms with Gasteiger partial charge in [0, 0.05) is 18.0 Å². The molecule has 0 aromatic heterocycles. The quantitative estimate of drug-likeness (QED) is 0.882. The average Bonchev–Trinajstić information content (AvgIpc) is 2.52. The van der Waals surface area contributed by atoms with E-state index in [0.717, 1.165) is 22.1 Å². The Morgan fingerprint density at radius 3 is 2.42 bits per heavy atom. The largest absolute Gasteiger partial charge is 0.496 e. The van der Waals surface area contributed by atoms with Crippen molar-refractivity contribution in [1.29, 1.82) is 0 Å². The standard InChI is InChI=1S/C19H26N2O3/c1-19(2,3)24-18(22)21-14(12-20)11-13-9-10-17(23-4)16-8-6-5-7-15(13)16/h5-10,14H,11-12,20H2,1-4H3,(H,21,22). The third-order valence-corrected chi connectivity index (χ3v) is 3.67. The van der Waals surface area contributed by atoms with E-state index in [1.807, 2.05) is 57.2 Å². The number of methoxy groups -OCH3 is 1. The van der Waals surface area contributed by atoms with Crippen LogP contribution in [-0.2, 0) is 11.2 Å². The Morgan fingerprint density at radius 2 is 1.83 bits per heavy atom. The first kappa shape index (κ1) is 18.1. The zero-order valence-corrected chi connectivity index (χ0v) is 14.8. The lowest BCUT2D eigenvalue weighted by atomic mass is 9.98. The first-order valence-electron chi connectivity index (χ1n) is 8.08. The fourth-order valence-corrected chi connectivity index (χ4v) is 2.62. The Balaban J connectivity index is 2.20. The molecule has 0 bridgehead atoms. The molecule has 0 heterocycles. The first-order chi connectivity index (χ1) is 11.3. The number of nitrogens with one attached hydrogen (secondary N) is 1. The summed E-state index contributed by atoms with van der Waals surface area (Å²) in [6.07, 6.45) is 0.177. The molecular formula is C19H26N2O3. The number of ether oxygens (including phenoxy) is 2. The molecule has 0 saturated carbocycles. The summed E-state index contributed by atoms with van der Waals surface area (Å²) < 4.78 is 10.7. The monoisotopic (exact) mass is 330 g/mol. The van der Waals surface area contributed by atoms with Gasteiger partial charge in [0.25, 0.3) is 0 Å². The summed E-state index contributed by atoms with van der Waals surface area (Å²) in [5.74, 6) is 0.832. The minimum Gasteiger partial charge on any atom is -0.496 e. The number of alkyl carbamates (subject to hydrolysis) is 1. The molecule has 1 amide bonds. The summed E-state index contributed by atoms with van der Waals surface area (Å²) in [6, 6.07) is 11.8. The van der Waals surface area contributed by atoms with Crippen LogP contribution in [0.15, 0.2) is 36.4 Å². The van der Waals surface area contributed by atoms with Crippen molar-refractivity contribution < 1.29 is 14.3 Å². The van der Waals surface area contributed by atoms with Crippen molar-refractivity contribution in [2.45, 2.75) is 38.8 Å². The SMILES string of the molecule is COc1ccc(CC(CN)NC(=O)OC(C)(C)C)c2ccccc12. The highest BCUT2D eigenvalue weighted by Crippen LogP contribution is 2.28. The van der Waals surface area contributed by atoms with Crippen molar-refractivity contribution in [3.05, 3.63) is 42.0 Å². The van der Waals surface area contributed by atoms with E-state index in [0.29, 0.717) is 13.0 Å². The molecule has 0 spiro atoms. The van der Waals surface area contributed by atoms with E-state index in [2.05, 4.69) is 5.32 Å². The van der Waals surface area contributed by atoms with E-state index in [1.54, 1.807) is 7.11 Å². The van der Waals surface area contributed by atoms with Crippen LogP contribution in [-0.4, -0.2) is 31.4 Å². The highest BCUT2D eigenvalue weighted by molar-refractivity contribution is 5.91. The van der Waals surface area contributed by atoms with E-state index < -0.39 is 11.7 Å². The number of carbonyl (C=O) groups is 1. The molecule has 2 rings (SSSR count). The van der Waals surface area contributed by atoms with Crippen LogP contribution in [0, 0.1) is 0 Å². The normalized spacial score (nSPS) is 12.7. The highest BCUT2D eigenvalue weighted by atomic mass is 16.6. The Bertz CT molecular complexity index is 707. The van der Waals surface area contributed by atoms with Crippen molar-refractivity contribution in [2.75, 3.05) is 13.7 Å². The van der Waals surface area contributed by atoms with Gasteiger partial charge < -0.3 is 20.5 Å². The Labute approximate surface area is 143 Å². The van der Waals surface area contributed by atoms with E-state index in [-0.39, 0.29) is 6.04 Å². The maximum absolute atomic E-state index is 12.0. The smallest absolute Gasteiger partial charge is 0.407 e. The van der Waals surface area contributed by atoms with Crippen LogP contribution in [0.5, 0.6) is 5.75 Å². The van der Waals surface area contributed by atoms with Crippen LogP contribution in [0.3, 0.4) is 0 Å². The topological polar surface area (TPSA) is 73.6 Å². The summed E-state index contributed by atoms with van der Waals surface area (Å²) in [7, 11) is 1.66. The summed E-state index contributed by atoms with van der Waals surface area (Å²) >= 11 is 0. The molecular weight excluding hydrogens is 304 g/mol. The number of hydrogen-bond donors (Lipinski definition) is 2. The van der Waals surface area contributed by atoms with E-state index in [4.69, 9.17) is 15.2 Å². The summed E-state index contributed by atoms with van der Waals surface area (Å²) in [5.41, 5.74) is 6.42. The molecule has 3 N–H and O–H groups in total. The second-order valence-corrected chi connectivity index (χ2v) is 6.76. The van der Waals surface area contributed by atoms with Gasteiger partial charge in [0.15, 0.2) is 0 Å². The predicted molar refractivity (Wildman–Crippen MR) is 96.4 cm³/mol. The molecule has 0 fully saturated rings. The molecule has 5 heteroatoms. The number of amides is 1. The van der Waals surface area contributed by atoms with Crippen molar-refractivity contribution in [3.8, 4) is 5.75 Å². The lowest BCUT2D eigenvalue weighted by Crippen LogP contribution is -2.44. The summed E-state index contributed by atoms with van der Waals surface area (Å²) in [6.45, 7) is 5.84. The number of nitrogens with two attached hydrogens (primary N) is 1. The fourth-order valence-electron chi connectivity index (χ4n) is 2.62. The van der Waals surface area contributed by atoms with Gasteiger partial charge in [0.05, 0.1) is 7.11 Å². The second kappa shape index (κ2) is 7.53. The number of benzene rings is 2. The summed E-state index contributed by atoms with van der Waals surface area (Å²) in [5, 5.41) is 4.99. The first-order valence-corrected chi connectivity index (χ1v) is 8.08. The number of fused-ring (bicyclic) bond motifs is 1. The van der Waals surface area contributed by atoms with Gasteiger partial charge in [-0.1, -0.05) is 30.3 Å². The molecule has 1 atom stereocenters. The van der Waals surface area contributed by atoms with Crippen molar-refractivity contribution in [1.82, 2.24) is 5.32 Å². The number of carbonyl (C=O) groups excluding carboxylic acids is 1. The number of rotatable bonds is 5. The van der Waals surface area contributed by atoms with Crippen LogP contribution in [0.2, 0.25) is 0 Å². The van der Waals surface area contributed by atoms with Crippen molar-refractivity contribution >= 4 is 16.9 Å². The van der Waals surface area contributed by atoms with Gasteiger partial charge in [-0.05, 0) is 44.2 Å². The van der Waals surface area contributed by atoms with Crippen LogP contribution < -0.4 is 15.8 Å². The third kappa shape index (κ3) is 4.61. The lowest BCUT2D eigenvalue weighted by molar-refractivity contribution is 0.0506. The molecule has 2 aromatic rings. The van der Waals surface area contributed by atoms with Gasteiger partial charge in [-0.25, -0.2) is 4.79 Å². The maximum Gasteiger partial charge on any atom is 0.407 e. The Kier molecular flexibility index (Phi) is 5.67. The molecule has 0 radical (unpaired) electrons. The summed E-state index contributed by atoms with van der Waals surface area (Å²) in [4.78, 5) is 12.0. The zero-order valence-electron chi connectivity index (χ0n) is 14.8. The van der Waals surface area contributed by atoms with Gasteiger partial charge >= 0.3 is 6.09 Å². The third-order valence-electron chi connectivity index (χ3n) is 3.67. The fraction of sp³-hybridized carbons (Fsp3) is 0.421. The minimum atomic E-state index is -0.532. The Hall–Kier alpha value is -2.27. The molecule has 5 nitrogen and oxygen atoms in total. The second-order valence-electron chi connectivity index (χ2n) is 6.76. The molecule has 2 aromatic carbocycles. The molecule has 0 aliphatic heterocycles. The van der Waals surface area contributed by atoms with Crippen molar-refractivity contribution in [3.63, 3.8) is 0 Å². The van der Waals surface area contributed by atoms with Crippen LogP contribution >= 0.6 is 0 Å². The van der Waals surface area contributed by atoms with E-state index in [9.17, 15) is 4.79 Å². The maximum atomic E-state index is 12.0. The van der Waals surface area contributed by atoms with Crippen molar-refractivity contribution in [2.24, 2.45) is 5.73 Å². The molecule has 130 valence electrons. The molecule has 0 saturated heterocycles. The van der Waals surface area contributed by atoms with Gasteiger partial charge in [-0.3, -0.25) is 0 Å². The predicted octanol–water partition coefficient (Wildman–Crippen LogP) is 3.24. The highest BCUT2D eigenvalue weighted by Gasteiger charge is 2.19. The van der Waals surface area contributed by atoms with Crippen LogP contribution in [0.1, 0.15) is 26.3 Å². The van der Waals surface area contributed by atoms with Gasteiger partial charge in [-0.2, -0.15) is 0 Å². The molecule has 0 aliphatic rings. The zero-order chi connectivity index (χ0) is 17.7. The van der Waals surface area contributed by atoms with Crippen LogP contribution in [0.4, 0.5) is 4.79 Å². The number of hydrogen-bond acceptors (Lipinski definition) is 4. The Morgan fingerprint density at radius 1 is 1.17 bits per heavy atom. The van der Waals surface area contributed by atoms with Gasteiger partial charge in [-0.15, -0.1) is 0 Å². The minimum absolute atomic E-state index is 0.198. The molecule has 0 aliphatic carbocycles. The van der Waals surface area contributed by atoms with E-state index in [1.165, 1.54) is 0 Å². The molecule has 24 heavy (non-hydrogen) atoms. The lowest BCUT2D eigenvalue weighted by Gasteiger charge is -2.23. The van der Waals surface area contributed by atoms with Crippen LogP contribution in [0.25, 0.3) is 10.8 Å².